The number of thioether (sulfide) groups is 1. The lowest BCUT2D eigenvalue weighted by Crippen LogP contribution is -2.13. The van der Waals surface area contributed by atoms with Crippen molar-refractivity contribution in [2.45, 2.75) is 32.1 Å². The lowest BCUT2D eigenvalue weighted by atomic mass is 9.99. The summed E-state index contributed by atoms with van der Waals surface area (Å²) in [5, 5.41) is 0. The molecule has 0 saturated heterocycles. The minimum Gasteiger partial charge on any atom is -0.294 e. The molecule has 2 rings (SSSR count). The number of benzene rings is 2. The zero-order valence-corrected chi connectivity index (χ0v) is 17.5. The van der Waals surface area contributed by atoms with Crippen LogP contribution >= 0.6 is 11.8 Å². The number of halogens is 6. The van der Waals surface area contributed by atoms with Gasteiger partial charge in [0, 0.05) is 23.6 Å². The van der Waals surface area contributed by atoms with Gasteiger partial charge >= 0.3 is 12.4 Å². The molecule has 9 heteroatoms. The maximum absolute atomic E-state index is 12.8. The number of nitrogens with zero attached hydrogens (tertiary/aromatic N) is 1. The molecule has 0 aliphatic carbocycles. The van der Waals surface area contributed by atoms with Gasteiger partial charge < -0.3 is 0 Å². The van der Waals surface area contributed by atoms with Crippen LogP contribution in [0.3, 0.4) is 0 Å². The summed E-state index contributed by atoms with van der Waals surface area (Å²) in [6.07, 6.45) is -8.23. The van der Waals surface area contributed by atoms with E-state index < -0.39 is 29.3 Å². The predicted octanol–water partition coefficient (Wildman–Crippen LogP) is 6.93. The number of alkyl halides is 6. The van der Waals surface area contributed by atoms with Crippen LogP contribution in [-0.2, 0) is 12.4 Å². The third-order valence-electron chi connectivity index (χ3n) is 4.29. The summed E-state index contributed by atoms with van der Waals surface area (Å²) in [5.74, 6) is 1.16. The quantitative estimate of drug-likeness (QED) is 0.175. The Hall–Kier alpha value is -2.29. The van der Waals surface area contributed by atoms with E-state index in [4.69, 9.17) is 0 Å². The first kappa shape index (κ1) is 25.0. The molecule has 0 radical (unpaired) electrons. The highest BCUT2D eigenvalue weighted by atomic mass is 32.2. The van der Waals surface area contributed by atoms with Crippen LogP contribution in [0.1, 0.15) is 46.8 Å². The van der Waals surface area contributed by atoms with Crippen LogP contribution in [-0.4, -0.2) is 29.5 Å². The second kappa shape index (κ2) is 10.8. The zero-order chi connectivity index (χ0) is 23.1. The van der Waals surface area contributed by atoms with E-state index in [9.17, 15) is 31.1 Å². The monoisotopic (exact) mass is 461 g/mol. The van der Waals surface area contributed by atoms with Gasteiger partial charge in [-0.25, -0.2) is 0 Å². The Morgan fingerprint density at radius 2 is 1.29 bits per heavy atom. The Morgan fingerprint density at radius 3 is 1.74 bits per heavy atom. The molecule has 2 nitrogen and oxygen atoms in total. The van der Waals surface area contributed by atoms with Crippen molar-refractivity contribution in [3.63, 3.8) is 0 Å². The van der Waals surface area contributed by atoms with Crippen LogP contribution in [0.25, 0.3) is 0 Å². The van der Waals surface area contributed by atoms with E-state index >= 15 is 0 Å². The lowest BCUT2D eigenvalue weighted by Gasteiger charge is -2.11. The van der Waals surface area contributed by atoms with Gasteiger partial charge in [0.15, 0.2) is 5.78 Å². The molecule has 0 bridgehead atoms. The first-order chi connectivity index (χ1) is 14.5. The molecule has 2 aromatic carbocycles. The molecule has 0 heterocycles. The normalized spacial score (nSPS) is 12.8. The van der Waals surface area contributed by atoms with Crippen molar-refractivity contribution in [3.8, 4) is 0 Å². The van der Waals surface area contributed by atoms with Crippen LogP contribution in [0.15, 0.2) is 53.5 Å². The molecule has 0 amide bonds. The summed E-state index contributed by atoms with van der Waals surface area (Å²) in [6.45, 7) is 2.41. The first-order valence-electron chi connectivity index (χ1n) is 9.51. The fraction of sp³-hybridized carbons (Fsp3) is 0.364. The molecule has 0 aliphatic rings. The summed E-state index contributed by atoms with van der Waals surface area (Å²) in [4.78, 5) is 17.0. The number of carbonyl (C=O) groups is 1. The van der Waals surface area contributed by atoms with Crippen molar-refractivity contribution >= 4 is 23.3 Å². The Kier molecular flexibility index (Phi) is 8.73. The maximum atomic E-state index is 12.8. The molecule has 0 aromatic heterocycles. The van der Waals surface area contributed by atoms with Gasteiger partial charge in [-0.15, -0.1) is 0 Å². The summed E-state index contributed by atoms with van der Waals surface area (Å²) < 4.78 is 76.6. The zero-order valence-electron chi connectivity index (χ0n) is 16.7. The molecular weight excluding hydrogens is 440 g/mol. The second-order valence-electron chi connectivity index (χ2n) is 6.69. The molecule has 0 saturated carbocycles. The lowest BCUT2D eigenvalue weighted by molar-refractivity contribution is -0.138. The van der Waals surface area contributed by atoms with E-state index in [2.05, 4.69) is 4.99 Å². The highest BCUT2D eigenvalue weighted by Gasteiger charge is 2.31. The number of Topliss-reactive ketones (excluding diaryl/α,β-unsaturated/α-hetero) is 1. The second-order valence-corrected chi connectivity index (χ2v) is 7.92. The molecule has 0 fully saturated rings. The topological polar surface area (TPSA) is 29.4 Å². The predicted molar refractivity (Wildman–Crippen MR) is 111 cm³/mol. The molecular formula is C22H21F6NOS. The Morgan fingerprint density at radius 1 is 0.806 bits per heavy atom. The number of rotatable bonds is 9. The minimum absolute atomic E-state index is 0.0768. The van der Waals surface area contributed by atoms with E-state index in [1.807, 2.05) is 6.92 Å². The van der Waals surface area contributed by atoms with Gasteiger partial charge in [-0.1, -0.05) is 31.2 Å². The van der Waals surface area contributed by atoms with Crippen molar-refractivity contribution in [1.29, 1.82) is 0 Å². The van der Waals surface area contributed by atoms with Gasteiger partial charge in [-0.05, 0) is 42.0 Å². The Labute approximate surface area is 180 Å². The third kappa shape index (κ3) is 7.72. The molecule has 2 aromatic rings. The van der Waals surface area contributed by atoms with Gasteiger partial charge in [0.2, 0.25) is 0 Å². The van der Waals surface area contributed by atoms with Crippen molar-refractivity contribution < 1.29 is 31.1 Å². The fourth-order valence-corrected chi connectivity index (χ4v) is 3.40. The fourth-order valence-electron chi connectivity index (χ4n) is 2.69. The van der Waals surface area contributed by atoms with Gasteiger partial charge in [-0.2, -0.15) is 38.1 Å². The maximum Gasteiger partial charge on any atom is 0.416 e. The van der Waals surface area contributed by atoms with Gasteiger partial charge in [0.05, 0.1) is 17.5 Å². The number of aliphatic imine (C=N–C) groups is 1. The van der Waals surface area contributed by atoms with E-state index in [1.54, 1.807) is 11.8 Å². The number of ketones is 1. The highest BCUT2D eigenvalue weighted by Crippen LogP contribution is 2.30. The summed E-state index contributed by atoms with van der Waals surface area (Å²) in [7, 11) is 0. The SMILES string of the molecule is CCCSCCN=C(CC(=O)c1ccc(C(F)(F)F)cc1)c1ccc(C(F)(F)F)cc1. The van der Waals surface area contributed by atoms with E-state index in [0.717, 1.165) is 48.6 Å². The average Bonchev–Trinajstić information content (AvgIpc) is 2.71. The summed E-state index contributed by atoms with van der Waals surface area (Å²) in [5.41, 5.74) is -0.936. The van der Waals surface area contributed by atoms with E-state index in [0.29, 0.717) is 23.6 Å². The molecule has 0 atom stereocenters. The van der Waals surface area contributed by atoms with Gasteiger partial charge in [0.25, 0.3) is 0 Å². The standard InChI is InChI=1S/C22H21F6NOS/c1-2-12-31-13-11-29-19(15-3-7-17(8-4-15)21(23,24)25)14-20(30)16-5-9-18(10-6-16)22(26,27)28/h3-10H,2,11-14H2,1H3. The smallest absolute Gasteiger partial charge is 0.294 e. The van der Waals surface area contributed by atoms with Crippen molar-refractivity contribution in [2.75, 3.05) is 18.1 Å². The van der Waals surface area contributed by atoms with Crippen molar-refractivity contribution in [1.82, 2.24) is 0 Å². The number of hydrogen-bond acceptors (Lipinski definition) is 3. The largest absolute Gasteiger partial charge is 0.416 e. The van der Waals surface area contributed by atoms with Crippen LogP contribution in [0.2, 0.25) is 0 Å². The minimum atomic E-state index is -4.51. The van der Waals surface area contributed by atoms with Crippen molar-refractivity contribution in [3.05, 3.63) is 70.8 Å². The highest BCUT2D eigenvalue weighted by molar-refractivity contribution is 7.99. The van der Waals surface area contributed by atoms with Crippen LogP contribution in [0, 0.1) is 0 Å². The van der Waals surface area contributed by atoms with Crippen LogP contribution in [0.4, 0.5) is 26.3 Å². The Bertz CT molecular complexity index is 886. The third-order valence-corrected chi connectivity index (χ3v) is 5.46. The molecule has 0 aliphatic heterocycles. The number of carbonyl (C=O) groups excluding carboxylic acids is 1. The molecule has 0 N–H and O–H groups in total. The first-order valence-corrected chi connectivity index (χ1v) is 10.7. The van der Waals surface area contributed by atoms with E-state index in [1.165, 1.54) is 12.1 Å². The summed E-state index contributed by atoms with van der Waals surface area (Å²) >= 11 is 1.67. The Balaban J connectivity index is 2.21. The van der Waals surface area contributed by atoms with Crippen LogP contribution < -0.4 is 0 Å². The van der Waals surface area contributed by atoms with E-state index in [-0.39, 0.29) is 12.0 Å². The van der Waals surface area contributed by atoms with Gasteiger partial charge in [-0.3, -0.25) is 9.79 Å². The van der Waals surface area contributed by atoms with Crippen molar-refractivity contribution in [2.24, 2.45) is 4.99 Å². The van der Waals surface area contributed by atoms with Gasteiger partial charge in [0.1, 0.15) is 0 Å². The summed E-state index contributed by atoms with van der Waals surface area (Å²) in [6, 6.07) is 8.16. The number of hydrogen-bond donors (Lipinski definition) is 0. The molecule has 31 heavy (non-hydrogen) atoms. The average molecular weight is 461 g/mol. The molecule has 0 spiro atoms. The molecule has 168 valence electrons. The molecule has 0 unspecified atom stereocenters. The van der Waals surface area contributed by atoms with Crippen LogP contribution in [0.5, 0.6) is 0 Å².